The number of ether oxygens (including phenoxy) is 3. The van der Waals surface area contributed by atoms with Crippen LogP contribution in [0.5, 0.6) is 5.75 Å². The minimum Gasteiger partial charge on any atom is -0.492 e. The number of Topliss-reactive ketones (excluding diaryl/α,β-unsaturated/α-hetero) is 1. The van der Waals surface area contributed by atoms with Gasteiger partial charge in [-0.1, -0.05) is 124 Å². The van der Waals surface area contributed by atoms with E-state index in [0.717, 1.165) is 48.8 Å². The van der Waals surface area contributed by atoms with Crippen LogP contribution >= 0.6 is 6.89 Å². The van der Waals surface area contributed by atoms with Crippen molar-refractivity contribution in [1.29, 1.82) is 0 Å². The lowest BCUT2D eigenvalue weighted by Crippen LogP contribution is -2.69. The highest BCUT2D eigenvalue weighted by molar-refractivity contribution is 7.96. The number of carbonyl (C=O) groups is 3. The Bertz CT molecular complexity index is 2010. The standard InChI is InChI=1S/C48H59N2O7PSi/c1-8-31-56-47(53)46(58(39-18-12-9-13-19-39,40-20-14-10-15-21-40)41-22-16-11-17-23-41)50-42(44(45(50)52)36(2)57-59(6,7)48(3,4)5)35-43(51)37-24-26-38(27-25-37)55-34-30-49-28-32-54-33-29-49/h8-27,36,42,44H,1,28-35H2,2-7H3/t36-,42-,44-/m1/s1. The Morgan fingerprint density at radius 2 is 1.39 bits per heavy atom. The Hall–Kier alpha value is -4.57. The number of esters is 1. The topological polar surface area (TPSA) is 94.6 Å². The summed E-state index contributed by atoms with van der Waals surface area (Å²) < 4.78 is 24.4. The highest BCUT2D eigenvalue weighted by atomic mass is 31.2. The number of morpholine rings is 1. The molecule has 2 saturated heterocycles. The number of rotatable bonds is 17. The third-order valence-corrected chi connectivity index (χ3v) is 20.7. The van der Waals surface area contributed by atoms with Gasteiger partial charge in [-0.05, 0) is 65.2 Å². The molecule has 59 heavy (non-hydrogen) atoms. The maximum absolute atomic E-state index is 15.2. The molecule has 0 aromatic heterocycles. The Morgan fingerprint density at radius 1 is 0.864 bits per heavy atom. The molecule has 6 rings (SSSR count). The average Bonchev–Trinajstić information content (AvgIpc) is 3.23. The molecule has 4 aromatic carbocycles. The van der Waals surface area contributed by atoms with E-state index in [4.69, 9.17) is 18.6 Å². The molecule has 0 saturated carbocycles. The van der Waals surface area contributed by atoms with Crippen molar-refractivity contribution in [2.75, 3.05) is 46.1 Å². The number of hydrogen-bond acceptors (Lipinski definition) is 8. The van der Waals surface area contributed by atoms with E-state index >= 15 is 9.59 Å². The minimum absolute atomic E-state index is 0.0323. The number of hydrogen-bond donors (Lipinski definition) is 0. The van der Waals surface area contributed by atoms with Gasteiger partial charge < -0.3 is 23.5 Å². The minimum atomic E-state index is -3.18. The van der Waals surface area contributed by atoms with Crippen LogP contribution in [0.2, 0.25) is 18.1 Å². The molecule has 11 heteroatoms. The molecule has 2 aliphatic rings. The van der Waals surface area contributed by atoms with Gasteiger partial charge in [-0.15, -0.1) is 0 Å². The average molecular weight is 835 g/mol. The quantitative estimate of drug-likeness (QED) is 0.0279. The Kier molecular flexibility index (Phi) is 14.3. The summed E-state index contributed by atoms with van der Waals surface area (Å²) >= 11 is 0. The van der Waals surface area contributed by atoms with E-state index in [1.807, 2.05) is 110 Å². The summed E-state index contributed by atoms with van der Waals surface area (Å²) in [6, 6.07) is 36.1. The van der Waals surface area contributed by atoms with E-state index in [0.29, 0.717) is 17.9 Å². The first kappa shape index (κ1) is 44.0. The summed E-state index contributed by atoms with van der Waals surface area (Å²) in [5, 5.41) is 2.50. The third kappa shape index (κ3) is 9.58. The van der Waals surface area contributed by atoms with Crippen LogP contribution in [0, 0.1) is 5.92 Å². The molecule has 4 aromatic rings. The molecule has 0 N–H and O–H groups in total. The second-order valence-electron chi connectivity index (χ2n) is 16.7. The smallest absolute Gasteiger partial charge is 0.356 e. The molecular weight excluding hydrogens is 776 g/mol. The molecule has 0 bridgehead atoms. The second-order valence-corrected chi connectivity index (χ2v) is 24.8. The van der Waals surface area contributed by atoms with E-state index in [-0.39, 0.29) is 35.2 Å². The van der Waals surface area contributed by atoms with Crippen molar-refractivity contribution < 1.29 is 33.0 Å². The van der Waals surface area contributed by atoms with Gasteiger partial charge in [-0.2, -0.15) is 0 Å². The molecule has 1 amide bonds. The fourth-order valence-electron chi connectivity index (χ4n) is 7.80. The first-order valence-electron chi connectivity index (χ1n) is 20.6. The van der Waals surface area contributed by atoms with Crippen LogP contribution in [0.3, 0.4) is 0 Å². The first-order valence-corrected chi connectivity index (χ1v) is 25.3. The van der Waals surface area contributed by atoms with Crippen LogP contribution in [0.15, 0.2) is 128 Å². The molecule has 2 aliphatic heterocycles. The Balaban J connectivity index is 1.48. The predicted octanol–water partition coefficient (Wildman–Crippen LogP) is 7.06. The van der Waals surface area contributed by atoms with Crippen molar-refractivity contribution in [3.63, 3.8) is 0 Å². The summed E-state index contributed by atoms with van der Waals surface area (Å²) in [4.78, 5) is 48.6. The molecule has 3 atom stereocenters. The van der Waals surface area contributed by atoms with Crippen molar-refractivity contribution >= 4 is 54.2 Å². The van der Waals surface area contributed by atoms with Gasteiger partial charge in [0.1, 0.15) is 24.4 Å². The van der Waals surface area contributed by atoms with Crippen molar-refractivity contribution in [2.24, 2.45) is 5.92 Å². The molecule has 0 radical (unpaired) electrons. The van der Waals surface area contributed by atoms with Crippen LogP contribution in [0.25, 0.3) is 0 Å². The Morgan fingerprint density at radius 3 is 1.88 bits per heavy atom. The lowest BCUT2D eigenvalue weighted by atomic mass is 9.79. The summed E-state index contributed by atoms with van der Waals surface area (Å²) in [5.74, 6) is -1.07. The fraction of sp³-hybridized carbons (Fsp3) is 0.375. The van der Waals surface area contributed by atoms with Crippen LogP contribution in [0.1, 0.15) is 44.5 Å². The van der Waals surface area contributed by atoms with Gasteiger partial charge in [0.2, 0.25) is 5.91 Å². The highest BCUT2D eigenvalue weighted by Crippen LogP contribution is 2.51. The number of nitrogens with zero attached hydrogens (tertiary/aromatic N) is 2. The van der Waals surface area contributed by atoms with Crippen molar-refractivity contribution in [1.82, 2.24) is 9.80 Å². The lowest BCUT2D eigenvalue weighted by molar-refractivity contribution is -0.156. The summed E-state index contributed by atoms with van der Waals surface area (Å²) in [6.07, 6.45) is 0.967. The van der Waals surface area contributed by atoms with Gasteiger partial charge >= 0.3 is 5.97 Å². The summed E-state index contributed by atoms with van der Waals surface area (Å²) in [7, 11) is -2.37. The highest BCUT2D eigenvalue weighted by Gasteiger charge is 2.57. The number of amides is 1. The normalized spacial score (nSPS) is 18.1. The summed E-state index contributed by atoms with van der Waals surface area (Å²) in [6.45, 7) is 17.9. The Labute approximate surface area is 351 Å². The molecule has 0 aliphatic carbocycles. The van der Waals surface area contributed by atoms with Crippen LogP contribution in [-0.4, -0.2) is 99.4 Å². The number of likely N-dealkylation sites (tertiary alicyclic amines) is 1. The van der Waals surface area contributed by atoms with E-state index in [1.54, 1.807) is 17.0 Å². The number of ketones is 1. The van der Waals surface area contributed by atoms with Crippen LogP contribution in [-0.2, 0) is 23.5 Å². The van der Waals surface area contributed by atoms with Gasteiger partial charge in [0.25, 0.3) is 0 Å². The van der Waals surface area contributed by atoms with Crippen molar-refractivity contribution in [3.05, 3.63) is 133 Å². The fourth-order valence-corrected chi connectivity index (χ4v) is 13.6. The largest absolute Gasteiger partial charge is 0.492 e. The predicted molar refractivity (Wildman–Crippen MR) is 241 cm³/mol. The third-order valence-electron chi connectivity index (χ3n) is 11.9. The molecule has 312 valence electrons. The zero-order valence-corrected chi connectivity index (χ0v) is 37.2. The number of carbonyl (C=O) groups excluding carboxylic acids is 3. The number of benzene rings is 4. The molecule has 2 heterocycles. The first-order chi connectivity index (χ1) is 28.3. The van der Waals surface area contributed by atoms with Gasteiger partial charge in [0.05, 0.1) is 31.3 Å². The lowest BCUT2D eigenvalue weighted by Gasteiger charge is -2.53. The van der Waals surface area contributed by atoms with E-state index in [1.165, 1.54) is 6.08 Å². The second kappa shape index (κ2) is 19.2. The van der Waals surface area contributed by atoms with Gasteiger partial charge in [0, 0.05) is 38.5 Å². The maximum atomic E-state index is 15.2. The zero-order chi connectivity index (χ0) is 42.2. The van der Waals surface area contributed by atoms with Crippen LogP contribution < -0.4 is 20.7 Å². The molecular formula is C48H59N2O7PSi. The molecule has 0 spiro atoms. The van der Waals surface area contributed by atoms with Crippen molar-refractivity contribution in [3.8, 4) is 5.75 Å². The SMILES string of the molecule is C=CCOC(=O)C(N1C(=O)[C@H]([C@@H](C)O[Si](C)(C)C(C)(C)C)[C@H]1CC(=O)c1ccc(OCCN2CCOCC2)cc1)=P(c1ccccc1)(c1ccccc1)c1ccccc1. The van der Waals surface area contributed by atoms with Gasteiger partial charge in [-0.25, -0.2) is 4.79 Å². The van der Waals surface area contributed by atoms with Gasteiger partial charge in [-0.3, -0.25) is 14.5 Å². The van der Waals surface area contributed by atoms with Gasteiger partial charge in [0.15, 0.2) is 14.1 Å². The molecule has 0 unspecified atom stereocenters. The van der Waals surface area contributed by atoms with Crippen LogP contribution in [0.4, 0.5) is 0 Å². The number of β-lactam (4-membered cyclic amide) rings is 1. The van der Waals surface area contributed by atoms with E-state index in [9.17, 15) is 4.79 Å². The zero-order valence-electron chi connectivity index (χ0n) is 35.3. The molecule has 9 nitrogen and oxygen atoms in total. The molecule has 2 fully saturated rings. The van der Waals surface area contributed by atoms with Crippen molar-refractivity contribution in [2.45, 2.75) is 64.4 Å². The van der Waals surface area contributed by atoms with E-state index in [2.05, 4.69) is 45.3 Å². The maximum Gasteiger partial charge on any atom is 0.356 e. The monoisotopic (exact) mass is 834 g/mol. The summed E-state index contributed by atoms with van der Waals surface area (Å²) in [5.41, 5.74) is 0.720. The van der Waals surface area contributed by atoms with E-state index < -0.39 is 39.2 Å².